The molecule has 0 saturated carbocycles. The zero-order valence-corrected chi connectivity index (χ0v) is 5.60. The van der Waals surface area contributed by atoms with Gasteiger partial charge in [-0.3, -0.25) is 4.99 Å². The van der Waals surface area contributed by atoms with Gasteiger partial charge >= 0.3 is 0 Å². The van der Waals surface area contributed by atoms with E-state index >= 15 is 0 Å². The summed E-state index contributed by atoms with van der Waals surface area (Å²) in [5.41, 5.74) is 0. The predicted octanol–water partition coefficient (Wildman–Crippen LogP) is 1.69. The van der Waals surface area contributed by atoms with E-state index in [-0.39, 0.29) is 24.8 Å². The van der Waals surface area contributed by atoms with Gasteiger partial charge in [-0.15, -0.1) is 24.8 Å². The Morgan fingerprint density at radius 1 is 1.29 bits per heavy atom. The number of rotatable bonds is 0. The van der Waals surface area contributed by atoms with E-state index in [1.54, 1.807) is 0 Å². The Morgan fingerprint density at radius 2 is 2.00 bits per heavy atom. The highest BCUT2D eigenvalue weighted by Crippen LogP contribution is 1.92. The van der Waals surface area contributed by atoms with Crippen LogP contribution in [-0.4, -0.2) is 12.8 Å². The first-order valence-electron chi connectivity index (χ1n) is 1.98. The first kappa shape index (κ1) is 10.3. The molecule has 1 aliphatic rings. The molecule has 1 nitrogen and oxygen atoms in total. The SMILES string of the molecule is C1=NCCC1.Cl.Cl. The fourth-order valence-electron chi connectivity index (χ4n) is 0.456. The average molecular weight is 142 g/mol. The Hall–Kier alpha value is 0.250. The molecule has 0 amide bonds. The minimum atomic E-state index is 0. The van der Waals surface area contributed by atoms with Crippen molar-refractivity contribution in [3.63, 3.8) is 0 Å². The van der Waals surface area contributed by atoms with Gasteiger partial charge in [0.15, 0.2) is 0 Å². The van der Waals surface area contributed by atoms with Crippen LogP contribution in [0.4, 0.5) is 0 Å². The molecule has 1 aliphatic heterocycles. The van der Waals surface area contributed by atoms with Crippen LogP contribution in [0, 0.1) is 0 Å². The lowest BCUT2D eigenvalue weighted by Gasteiger charge is -1.67. The lowest BCUT2D eigenvalue weighted by Crippen LogP contribution is -1.62. The second kappa shape index (κ2) is 6.25. The molecule has 0 N–H and O–H groups in total. The summed E-state index contributed by atoms with van der Waals surface area (Å²) in [4.78, 5) is 3.96. The molecule has 44 valence electrons. The van der Waals surface area contributed by atoms with Crippen LogP contribution in [0.5, 0.6) is 0 Å². The molecule has 0 aromatic heterocycles. The van der Waals surface area contributed by atoms with E-state index in [0.29, 0.717) is 0 Å². The highest BCUT2D eigenvalue weighted by molar-refractivity contribution is 5.85. The van der Waals surface area contributed by atoms with E-state index < -0.39 is 0 Å². The van der Waals surface area contributed by atoms with Gasteiger partial charge in [0, 0.05) is 6.54 Å². The molecular weight excluding hydrogens is 133 g/mol. The van der Waals surface area contributed by atoms with Crippen molar-refractivity contribution in [3.05, 3.63) is 0 Å². The molecule has 0 bridgehead atoms. The fourth-order valence-corrected chi connectivity index (χ4v) is 0.456. The first-order valence-corrected chi connectivity index (χ1v) is 1.98. The van der Waals surface area contributed by atoms with Crippen LogP contribution in [0.3, 0.4) is 0 Å². The Morgan fingerprint density at radius 3 is 2.14 bits per heavy atom. The normalized spacial score (nSPS) is 14.9. The van der Waals surface area contributed by atoms with Gasteiger partial charge in [-0.25, -0.2) is 0 Å². The van der Waals surface area contributed by atoms with Crippen LogP contribution in [0.15, 0.2) is 4.99 Å². The third kappa shape index (κ3) is 4.10. The van der Waals surface area contributed by atoms with Gasteiger partial charge in [0.1, 0.15) is 0 Å². The van der Waals surface area contributed by atoms with Crippen LogP contribution in [0.2, 0.25) is 0 Å². The number of aliphatic imine (C=N–C) groups is 1. The molecule has 0 aromatic rings. The van der Waals surface area contributed by atoms with Crippen LogP contribution in [0.25, 0.3) is 0 Å². The van der Waals surface area contributed by atoms with Gasteiger partial charge < -0.3 is 0 Å². The minimum absolute atomic E-state index is 0. The molecule has 7 heavy (non-hydrogen) atoms. The first-order chi connectivity index (χ1) is 2.50. The van der Waals surface area contributed by atoms with Crippen molar-refractivity contribution < 1.29 is 0 Å². The van der Waals surface area contributed by atoms with Crippen LogP contribution in [-0.2, 0) is 0 Å². The van der Waals surface area contributed by atoms with Crippen molar-refractivity contribution in [3.8, 4) is 0 Å². The van der Waals surface area contributed by atoms with Crippen LogP contribution >= 0.6 is 24.8 Å². The van der Waals surface area contributed by atoms with Gasteiger partial charge in [-0.1, -0.05) is 0 Å². The third-order valence-corrected chi connectivity index (χ3v) is 0.750. The zero-order valence-electron chi connectivity index (χ0n) is 3.96. The summed E-state index contributed by atoms with van der Waals surface area (Å²) in [5, 5.41) is 0. The molecule has 0 saturated heterocycles. The maximum atomic E-state index is 3.96. The Kier molecular flexibility index (Phi) is 9.17. The van der Waals surface area contributed by atoms with Gasteiger partial charge in [0.25, 0.3) is 0 Å². The molecule has 3 heteroatoms. The van der Waals surface area contributed by atoms with Crippen LogP contribution < -0.4 is 0 Å². The second-order valence-electron chi connectivity index (χ2n) is 1.23. The lowest BCUT2D eigenvalue weighted by molar-refractivity contribution is 0.952. The number of hydrogen-bond acceptors (Lipinski definition) is 1. The Bertz CT molecular complexity index is 47.7. The maximum absolute atomic E-state index is 3.96. The molecule has 0 fully saturated rings. The van der Waals surface area contributed by atoms with Crippen molar-refractivity contribution in [2.24, 2.45) is 4.99 Å². The topological polar surface area (TPSA) is 12.4 Å². The molecule has 0 unspecified atom stereocenters. The lowest BCUT2D eigenvalue weighted by atomic mass is 10.4. The number of nitrogens with zero attached hydrogens (tertiary/aromatic N) is 1. The van der Waals surface area contributed by atoms with Crippen molar-refractivity contribution in [1.29, 1.82) is 0 Å². The number of hydrogen-bond donors (Lipinski definition) is 0. The summed E-state index contributed by atoms with van der Waals surface area (Å²) in [6, 6.07) is 0. The van der Waals surface area contributed by atoms with E-state index in [4.69, 9.17) is 0 Å². The monoisotopic (exact) mass is 141 g/mol. The van der Waals surface area contributed by atoms with Crippen molar-refractivity contribution in [2.75, 3.05) is 6.54 Å². The molecule has 1 rings (SSSR count). The second-order valence-corrected chi connectivity index (χ2v) is 1.23. The summed E-state index contributed by atoms with van der Waals surface area (Å²) < 4.78 is 0. The van der Waals surface area contributed by atoms with Gasteiger partial charge in [-0.05, 0) is 19.1 Å². The molecular formula is C4H9Cl2N. The molecule has 0 radical (unpaired) electrons. The molecule has 0 aromatic carbocycles. The third-order valence-electron chi connectivity index (χ3n) is 0.750. The van der Waals surface area contributed by atoms with E-state index in [9.17, 15) is 0 Å². The van der Waals surface area contributed by atoms with Crippen molar-refractivity contribution in [1.82, 2.24) is 0 Å². The van der Waals surface area contributed by atoms with E-state index in [0.717, 1.165) is 6.54 Å². The van der Waals surface area contributed by atoms with E-state index in [1.165, 1.54) is 12.8 Å². The zero-order chi connectivity index (χ0) is 3.54. The van der Waals surface area contributed by atoms with Gasteiger partial charge in [0.05, 0.1) is 0 Å². The van der Waals surface area contributed by atoms with Crippen molar-refractivity contribution >= 4 is 31.0 Å². The average Bonchev–Trinajstić information content (AvgIpc) is 1.76. The number of halogens is 2. The van der Waals surface area contributed by atoms with E-state index in [2.05, 4.69) is 4.99 Å². The van der Waals surface area contributed by atoms with Gasteiger partial charge in [-0.2, -0.15) is 0 Å². The largest absolute Gasteiger partial charge is 0.298 e. The minimum Gasteiger partial charge on any atom is -0.298 e. The van der Waals surface area contributed by atoms with Gasteiger partial charge in [0.2, 0.25) is 0 Å². The predicted molar refractivity (Wildman–Crippen MR) is 37.1 cm³/mol. The summed E-state index contributed by atoms with van der Waals surface area (Å²) in [6.45, 7) is 1.07. The van der Waals surface area contributed by atoms with E-state index in [1.807, 2.05) is 6.21 Å². The maximum Gasteiger partial charge on any atom is 0.0388 e. The molecule has 0 atom stereocenters. The Balaban J connectivity index is 0. The van der Waals surface area contributed by atoms with Crippen molar-refractivity contribution in [2.45, 2.75) is 12.8 Å². The highest BCUT2D eigenvalue weighted by atomic mass is 35.5. The molecule has 0 aliphatic carbocycles. The standard InChI is InChI=1S/C4H7N.2ClH/c1-2-4-5-3-1;;/h3H,1-2,4H2;2*1H. The smallest absolute Gasteiger partial charge is 0.0388 e. The summed E-state index contributed by atoms with van der Waals surface area (Å²) in [7, 11) is 0. The summed E-state index contributed by atoms with van der Waals surface area (Å²) in [5.74, 6) is 0. The summed E-state index contributed by atoms with van der Waals surface area (Å²) >= 11 is 0. The quantitative estimate of drug-likeness (QED) is 0.488. The highest BCUT2D eigenvalue weighted by Gasteiger charge is 1.85. The fraction of sp³-hybridized carbons (Fsp3) is 0.750. The molecule has 0 spiro atoms. The molecule has 1 heterocycles. The van der Waals surface area contributed by atoms with Crippen LogP contribution in [0.1, 0.15) is 12.8 Å². The Labute approximate surface area is 56.0 Å². The summed E-state index contributed by atoms with van der Waals surface area (Å²) in [6.07, 6.45) is 4.47.